The van der Waals surface area contributed by atoms with Crippen molar-refractivity contribution in [2.45, 2.75) is 51.0 Å². The van der Waals surface area contributed by atoms with Crippen LogP contribution in [0.3, 0.4) is 0 Å². The number of unbranched alkanes of at least 4 members (excludes halogenated alkanes) is 6. The summed E-state index contributed by atoms with van der Waals surface area (Å²) in [5, 5.41) is 0. The van der Waals surface area contributed by atoms with Gasteiger partial charge in [0.1, 0.15) is 0 Å². The molecule has 0 bridgehead atoms. The number of rotatable bonds is 12. The predicted octanol–water partition coefficient (Wildman–Crippen LogP) is 3.56. The first-order valence-corrected chi connectivity index (χ1v) is 8.39. The molecule has 17 heavy (non-hydrogen) atoms. The highest BCUT2D eigenvalue weighted by molar-refractivity contribution is 6.60. The molecule has 0 aromatic rings. The van der Waals surface area contributed by atoms with Gasteiger partial charge in [0.05, 0.1) is 6.67 Å². The molecule has 0 fully saturated rings. The van der Waals surface area contributed by atoms with Gasteiger partial charge in [0.15, 0.2) is 0 Å². The van der Waals surface area contributed by atoms with Gasteiger partial charge in [0, 0.05) is 27.4 Å². The Morgan fingerprint density at radius 1 is 0.706 bits per heavy atom. The van der Waals surface area contributed by atoms with Gasteiger partial charge < -0.3 is 13.3 Å². The van der Waals surface area contributed by atoms with Gasteiger partial charge >= 0.3 is 8.80 Å². The van der Waals surface area contributed by atoms with Crippen molar-refractivity contribution in [2.24, 2.45) is 0 Å². The molecule has 3 nitrogen and oxygen atoms in total. The van der Waals surface area contributed by atoms with Crippen LogP contribution in [0.2, 0.25) is 6.04 Å². The highest BCUT2D eigenvalue weighted by atomic mass is 28.4. The molecule has 0 radical (unpaired) electrons. The standard InChI is InChI=1S/C12H27FO3Si/c1-14-17(15-2,16-3)12-10-8-6-4-5-7-9-11-13/h4-12H2,1-3H3. The average Bonchev–Trinajstić information content (AvgIpc) is 2.38. The summed E-state index contributed by atoms with van der Waals surface area (Å²) in [7, 11) is 2.60. The lowest BCUT2D eigenvalue weighted by Gasteiger charge is -2.24. The lowest BCUT2D eigenvalue weighted by atomic mass is 10.1. The van der Waals surface area contributed by atoms with E-state index in [4.69, 9.17) is 13.3 Å². The van der Waals surface area contributed by atoms with Crippen molar-refractivity contribution in [2.75, 3.05) is 28.0 Å². The highest BCUT2D eigenvalue weighted by Crippen LogP contribution is 2.18. The minimum absolute atomic E-state index is 0.177. The molecule has 0 aromatic carbocycles. The van der Waals surface area contributed by atoms with Gasteiger partial charge in [-0.3, -0.25) is 4.39 Å². The van der Waals surface area contributed by atoms with Crippen LogP contribution in [0.4, 0.5) is 4.39 Å². The van der Waals surface area contributed by atoms with Gasteiger partial charge in [-0.25, -0.2) is 0 Å². The lowest BCUT2D eigenvalue weighted by Crippen LogP contribution is -2.42. The highest BCUT2D eigenvalue weighted by Gasteiger charge is 2.36. The van der Waals surface area contributed by atoms with Crippen LogP contribution in [-0.4, -0.2) is 36.8 Å². The van der Waals surface area contributed by atoms with E-state index in [-0.39, 0.29) is 6.67 Å². The molecule has 0 saturated heterocycles. The monoisotopic (exact) mass is 266 g/mol. The van der Waals surface area contributed by atoms with E-state index in [1.807, 2.05) is 0 Å². The van der Waals surface area contributed by atoms with Crippen molar-refractivity contribution >= 4 is 8.80 Å². The Kier molecular flexibility index (Phi) is 11.2. The topological polar surface area (TPSA) is 27.7 Å². The molecular formula is C12H27FO3Si. The second kappa shape index (κ2) is 11.1. The summed E-state index contributed by atoms with van der Waals surface area (Å²) in [6.07, 6.45) is 7.52. The summed E-state index contributed by atoms with van der Waals surface area (Å²) in [6.45, 7) is -0.177. The van der Waals surface area contributed by atoms with Gasteiger partial charge in [0.2, 0.25) is 0 Å². The zero-order valence-electron chi connectivity index (χ0n) is 11.5. The Morgan fingerprint density at radius 3 is 1.53 bits per heavy atom. The fraction of sp³-hybridized carbons (Fsp3) is 1.00. The van der Waals surface area contributed by atoms with E-state index in [1.165, 1.54) is 19.3 Å². The molecule has 0 atom stereocenters. The first kappa shape index (κ1) is 17.0. The van der Waals surface area contributed by atoms with Crippen LogP contribution in [0.1, 0.15) is 44.9 Å². The van der Waals surface area contributed by atoms with Crippen LogP contribution in [0.5, 0.6) is 0 Å². The number of alkyl halides is 1. The number of hydrogen-bond acceptors (Lipinski definition) is 3. The van der Waals surface area contributed by atoms with E-state index in [2.05, 4.69) is 0 Å². The van der Waals surface area contributed by atoms with Crippen molar-refractivity contribution in [1.29, 1.82) is 0 Å². The second-order valence-electron chi connectivity index (χ2n) is 4.21. The van der Waals surface area contributed by atoms with Crippen LogP contribution >= 0.6 is 0 Å². The van der Waals surface area contributed by atoms with Gasteiger partial charge in [-0.2, -0.15) is 0 Å². The van der Waals surface area contributed by atoms with Crippen molar-refractivity contribution < 1.29 is 17.7 Å². The van der Waals surface area contributed by atoms with Crippen molar-refractivity contribution in [3.63, 3.8) is 0 Å². The molecule has 5 heteroatoms. The molecule has 0 spiro atoms. The van der Waals surface area contributed by atoms with Crippen LogP contribution in [0.25, 0.3) is 0 Å². The fourth-order valence-corrected chi connectivity index (χ4v) is 3.67. The molecule has 0 unspecified atom stereocenters. The van der Waals surface area contributed by atoms with E-state index in [0.717, 1.165) is 25.3 Å². The predicted molar refractivity (Wildman–Crippen MR) is 69.9 cm³/mol. The molecule has 0 aliphatic rings. The fourth-order valence-electron chi connectivity index (χ4n) is 1.88. The molecule has 0 N–H and O–H groups in total. The van der Waals surface area contributed by atoms with Crippen LogP contribution in [-0.2, 0) is 13.3 Å². The first-order valence-electron chi connectivity index (χ1n) is 6.46. The number of hydrogen-bond donors (Lipinski definition) is 0. The third-order valence-electron chi connectivity index (χ3n) is 3.05. The van der Waals surface area contributed by atoms with Gasteiger partial charge in [-0.05, 0) is 12.8 Å². The Morgan fingerprint density at radius 2 is 1.12 bits per heavy atom. The summed E-state index contributed by atoms with van der Waals surface area (Å²) in [5.74, 6) is 0. The van der Waals surface area contributed by atoms with E-state index >= 15 is 0 Å². The quantitative estimate of drug-likeness (QED) is 0.399. The Labute approximate surface area is 106 Å². The smallest absolute Gasteiger partial charge is 0.377 e. The lowest BCUT2D eigenvalue weighted by molar-refractivity contribution is 0.122. The molecule has 0 aromatic heterocycles. The maximum Gasteiger partial charge on any atom is 0.500 e. The molecular weight excluding hydrogens is 239 g/mol. The van der Waals surface area contributed by atoms with Gasteiger partial charge in [-0.1, -0.05) is 32.1 Å². The summed E-state index contributed by atoms with van der Waals surface area (Å²) in [5.41, 5.74) is 0. The summed E-state index contributed by atoms with van der Waals surface area (Å²) in [4.78, 5) is 0. The first-order chi connectivity index (χ1) is 8.24. The minimum atomic E-state index is -2.35. The van der Waals surface area contributed by atoms with E-state index in [9.17, 15) is 4.39 Å². The van der Waals surface area contributed by atoms with Gasteiger partial charge in [-0.15, -0.1) is 0 Å². The normalized spacial score (nSPS) is 12.0. The summed E-state index contributed by atoms with van der Waals surface area (Å²) >= 11 is 0. The Hall–Kier alpha value is 0.0269. The van der Waals surface area contributed by atoms with Gasteiger partial charge in [0.25, 0.3) is 0 Å². The second-order valence-corrected chi connectivity index (χ2v) is 7.30. The van der Waals surface area contributed by atoms with Crippen LogP contribution in [0, 0.1) is 0 Å². The molecule has 104 valence electrons. The Bertz CT molecular complexity index is 158. The molecule has 0 aliphatic heterocycles. The number of halogens is 1. The third-order valence-corrected chi connectivity index (χ3v) is 5.88. The van der Waals surface area contributed by atoms with Crippen LogP contribution < -0.4 is 0 Å². The SMILES string of the molecule is CO[Si](CCCCCCCCCF)(OC)OC. The maximum absolute atomic E-state index is 11.8. The average molecular weight is 266 g/mol. The van der Waals surface area contributed by atoms with Crippen LogP contribution in [0.15, 0.2) is 0 Å². The van der Waals surface area contributed by atoms with Crippen molar-refractivity contribution in [3.05, 3.63) is 0 Å². The molecule has 0 aliphatic carbocycles. The van der Waals surface area contributed by atoms with E-state index < -0.39 is 8.80 Å². The molecule has 0 saturated carbocycles. The van der Waals surface area contributed by atoms with Crippen molar-refractivity contribution in [3.8, 4) is 0 Å². The molecule has 0 rings (SSSR count). The zero-order chi connectivity index (χ0) is 13.0. The Balaban J connectivity index is 3.43. The van der Waals surface area contributed by atoms with E-state index in [1.54, 1.807) is 21.3 Å². The van der Waals surface area contributed by atoms with Crippen molar-refractivity contribution in [1.82, 2.24) is 0 Å². The maximum atomic E-state index is 11.8. The molecule has 0 heterocycles. The summed E-state index contributed by atoms with van der Waals surface area (Å²) in [6, 6.07) is 0.876. The largest absolute Gasteiger partial charge is 0.500 e. The zero-order valence-corrected chi connectivity index (χ0v) is 12.5. The van der Waals surface area contributed by atoms with E-state index in [0.29, 0.717) is 6.42 Å². The molecule has 0 amide bonds. The third kappa shape index (κ3) is 7.86. The minimum Gasteiger partial charge on any atom is -0.377 e. The summed E-state index contributed by atoms with van der Waals surface area (Å²) < 4.78 is 27.9.